The highest BCUT2D eigenvalue weighted by molar-refractivity contribution is 6.96. The van der Waals surface area contributed by atoms with Crippen molar-refractivity contribution in [2.75, 3.05) is 0 Å². The van der Waals surface area contributed by atoms with E-state index < -0.39 is 0 Å². The van der Waals surface area contributed by atoms with Crippen molar-refractivity contribution in [1.29, 1.82) is 0 Å². The molecule has 0 aliphatic heterocycles. The largest absolute Gasteiger partial charge is 0.242 e. The quantitative estimate of drug-likeness (QED) is 0.202. The molecule has 0 saturated carbocycles. The summed E-state index contributed by atoms with van der Waals surface area (Å²) in [6.45, 7) is 9.24. The van der Waals surface area contributed by atoms with Crippen molar-refractivity contribution in [1.82, 2.24) is 0 Å². The molecule has 1 heteroatoms. The molecule has 0 radical (unpaired) electrons. The lowest BCUT2D eigenvalue weighted by Crippen LogP contribution is -2.55. The van der Waals surface area contributed by atoms with Crippen LogP contribution in [0.25, 0.3) is 22.3 Å². The fourth-order valence-electron chi connectivity index (χ4n) is 8.34. The first kappa shape index (κ1) is 25.1. The molecule has 0 nitrogen and oxygen atoms in total. The Bertz CT molecular complexity index is 1910. The Morgan fingerprint density at radius 1 is 0.381 bits per heavy atom. The lowest BCUT2D eigenvalue weighted by molar-refractivity contribution is 0.794. The summed E-state index contributed by atoms with van der Waals surface area (Å²) in [6, 6.07) is 48.1. The van der Waals surface area contributed by atoms with Gasteiger partial charge >= 0.3 is 0 Å². The molecule has 0 fully saturated rings. The Balaban J connectivity index is 1.45. The molecule has 200 valence electrons. The molecule has 0 unspecified atom stereocenters. The van der Waals surface area contributed by atoms with Gasteiger partial charge in [0, 0.05) is 0 Å². The average Bonchev–Trinajstić information content (AvgIpc) is 3.47. The fourth-order valence-corrected chi connectivity index (χ4v) is 8.34. The number of hydrogen-bond acceptors (Lipinski definition) is 0. The molecule has 0 N–H and O–H groups in total. The predicted octanol–water partition coefficient (Wildman–Crippen LogP) is 7.78. The molecule has 0 aromatic heterocycles. The van der Waals surface area contributed by atoms with Crippen molar-refractivity contribution in [3.63, 3.8) is 0 Å². The van der Waals surface area contributed by atoms with Gasteiger partial charge in [-0.3, -0.25) is 0 Å². The monoisotopic (exact) mass is 536 g/mol. The lowest BCUT2D eigenvalue weighted by Gasteiger charge is -2.30. The van der Waals surface area contributed by atoms with Gasteiger partial charge in [-0.25, -0.2) is 0 Å². The van der Waals surface area contributed by atoms with E-state index in [4.69, 9.17) is 0 Å². The van der Waals surface area contributed by atoms with Gasteiger partial charge in [0.25, 0.3) is 0 Å². The highest BCUT2D eigenvalue weighted by atomic mass is 14.5. The summed E-state index contributed by atoms with van der Waals surface area (Å²) in [5.74, 6) is 0. The smallest absolute Gasteiger partial charge is 0.0680 e. The lowest BCUT2D eigenvalue weighted by atomic mass is 9.34. The van der Waals surface area contributed by atoms with Crippen LogP contribution in [-0.4, -0.2) is 6.71 Å². The van der Waals surface area contributed by atoms with Crippen LogP contribution >= 0.6 is 0 Å². The van der Waals surface area contributed by atoms with Crippen LogP contribution in [0.1, 0.15) is 44.5 Å². The second-order valence-corrected chi connectivity index (χ2v) is 12.2. The van der Waals surface area contributed by atoms with E-state index in [1.54, 1.807) is 0 Å². The van der Waals surface area contributed by atoms with Gasteiger partial charge in [0.2, 0.25) is 6.71 Å². The molecular formula is C41H33B. The van der Waals surface area contributed by atoms with Gasteiger partial charge in [-0.1, -0.05) is 166 Å². The van der Waals surface area contributed by atoms with E-state index in [2.05, 4.69) is 155 Å². The summed E-state index contributed by atoms with van der Waals surface area (Å²) >= 11 is 0. The second kappa shape index (κ2) is 9.20. The van der Waals surface area contributed by atoms with Gasteiger partial charge in [0.15, 0.2) is 0 Å². The normalized spacial score (nSPS) is 13.4. The number of aryl methyl sites for hydroxylation is 4. The molecule has 0 atom stereocenters. The molecular weight excluding hydrogens is 503 g/mol. The van der Waals surface area contributed by atoms with E-state index in [0.29, 0.717) is 0 Å². The van der Waals surface area contributed by atoms with Gasteiger partial charge in [-0.2, -0.15) is 0 Å². The van der Waals surface area contributed by atoms with Gasteiger partial charge < -0.3 is 0 Å². The molecule has 6 aromatic rings. The van der Waals surface area contributed by atoms with Crippen LogP contribution in [0, 0.1) is 27.7 Å². The van der Waals surface area contributed by atoms with E-state index in [1.807, 2.05) is 0 Å². The summed E-state index contributed by atoms with van der Waals surface area (Å²) in [5.41, 5.74) is 20.3. The van der Waals surface area contributed by atoms with Crippen LogP contribution in [0.5, 0.6) is 0 Å². The molecule has 8 rings (SSSR count). The van der Waals surface area contributed by atoms with Gasteiger partial charge in [-0.15, -0.1) is 0 Å². The Morgan fingerprint density at radius 2 is 0.762 bits per heavy atom. The van der Waals surface area contributed by atoms with E-state index in [9.17, 15) is 0 Å². The zero-order valence-electron chi connectivity index (χ0n) is 24.7. The van der Waals surface area contributed by atoms with E-state index in [1.165, 1.54) is 83.1 Å². The standard InChI is InChI=1S/C41H33B/c1-26-13-11-14-27(2)39(26)42(40-28(3)15-12-16-29(40)4)30-23-24-38-34(25-30)33-19-7-10-22-37(33)41(38)35-20-8-5-17-31(35)32-18-6-9-21-36(32)41/h5-25H,1-4H3. The van der Waals surface area contributed by atoms with Crippen molar-refractivity contribution < 1.29 is 0 Å². The van der Waals surface area contributed by atoms with Crippen molar-refractivity contribution in [2.45, 2.75) is 33.1 Å². The average molecular weight is 537 g/mol. The van der Waals surface area contributed by atoms with Crippen LogP contribution in [0.4, 0.5) is 0 Å². The summed E-state index contributed by atoms with van der Waals surface area (Å²) in [6.07, 6.45) is 0. The van der Waals surface area contributed by atoms with E-state index in [-0.39, 0.29) is 12.1 Å². The minimum atomic E-state index is -0.301. The second-order valence-electron chi connectivity index (χ2n) is 12.2. The SMILES string of the molecule is Cc1cccc(C)c1B(c1ccc2c(c1)-c1ccccc1C21c2ccccc2-c2ccccc21)c1c(C)cccc1C. The molecule has 0 amide bonds. The first-order chi connectivity index (χ1) is 20.5. The first-order valence-corrected chi connectivity index (χ1v) is 15.1. The third kappa shape index (κ3) is 3.25. The third-order valence-corrected chi connectivity index (χ3v) is 10.0. The van der Waals surface area contributed by atoms with Crippen LogP contribution in [0.15, 0.2) is 127 Å². The Morgan fingerprint density at radius 3 is 1.21 bits per heavy atom. The van der Waals surface area contributed by atoms with Crippen LogP contribution in [0.2, 0.25) is 0 Å². The molecule has 0 saturated heterocycles. The molecule has 2 aliphatic rings. The van der Waals surface area contributed by atoms with Gasteiger partial charge in [0.05, 0.1) is 5.41 Å². The summed E-state index contributed by atoms with van der Waals surface area (Å²) in [7, 11) is 0. The molecule has 42 heavy (non-hydrogen) atoms. The van der Waals surface area contributed by atoms with Gasteiger partial charge in [-0.05, 0) is 72.2 Å². The highest BCUT2D eigenvalue weighted by Crippen LogP contribution is 2.62. The van der Waals surface area contributed by atoms with E-state index in [0.717, 1.165) is 0 Å². The Hall–Kier alpha value is -4.62. The molecule has 1 spiro atoms. The minimum Gasteiger partial charge on any atom is -0.0680 e. The maximum absolute atomic E-state index is 2.52. The number of benzene rings is 6. The zero-order valence-corrected chi connectivity index (χ0v) is 24.7. The Labute approximate surface area is 249 Å². The topological polar surface area (TPSA) is 0 Å². The number of hydrogen-bond donors (Lipinski definition) is 0. The molecule has 0 heterocycles. The van der Waals surface area contributed by atoms with Gasteiger partial charge in [0.1, 0.15) is 0 Å². The fraction of sp³-hybridized carbons (Fsp3) is 0.122. The molecule has 2 aliphatic carbocycles. The zero-order chi connectivity index (χ0) is 28.6. The number of rotatable bonds is 3. The van der Waals surface area contributed by atoms with Crippen molar-refractivity contribution in [2.24, 2.45) is 0 Å². The van der Waals surface area contributed by atoms with Crippen molar-refractivity contribution >= 4 is 23.1 Å². The Kier molecular flexibility index (Phi) is 5.50. The van der Waals surface area contributed by atoms with Crippen molar-refractivity contribution in [3.8, 4) is 22.3 Å². The van der Waals surface area contributed by atoms with Crippen LogP contribution in [0.3, 0.4) is 0 Å². The summed E-state index contributed by atoms with van der Waals surface area (Å²) in [5, 5.41) is 0. The molecule has 6 aromatic carbocycles. The first-order valence-electron chi connectivity index (χ1n) is 15.1. The number of fused-ring (bicyclic) bond motifs is 10. The van der Waals surface area contributed by atoms with Crippen molar-refractivity contribution in [3.05, 3.63) is 172 Å². The highest BCUT2D eigenvalue weighted by Gasteiger charge is 2.51. The maximum atomic E-state index is 2.52. The van der Waals surface area contributed by atoms with Crippen LogP contribution in [-0.2, 0) is 5.41 Å². The van der Waals surface area contributed by atoms with Crippen LogP contribution < -0.4 is 16.4 Å². The minimum absolute atomic E-state index is 0.157. The maximum Gasteiger partial charge on any atom is 0.242 e. The third-order valence-electron chi connectivity index (χ3n) is 10.0. The summed E-state index contributed by atoms with van der Waals surface area (Å²) < 4.78 is 0. The van der Waals surface area contributed by atoms with E-state index >= 15 is 0 Å². The predicted molar refractivity (Wildman–Crippen MR) is 179 cm³/mol. The molecule has 0 bridgehead atoms. The summed E-state index contributed by atoms with van der Waals surface area (Å²) in [4.78, 5) is 0.